The van der Waals surface area contributed by atoms with Crippen molar-refractivity contribution >= 4 is 29.3 Å². The number of anilines is 2. The Labute approximate surface area is 246 Å². The summed E-state index contributed by atoms with van der Waals surface area (Å²) >= 11 is 0. The molecule has 0 bridgehead atoms. The molecule has 5 rings (SSSR count). The number of amides is 3. The van der Waals surface area contributed by atoms with Crippen molar-refractivity contribution in [1.29, 1.82) is 0 Å². The topological polar surface area (TPSA) is 81.2 Å². The number of para-hydroxylation sites is 2. The van der Waals surface area contributed by atoms with Gasteiger partial charge < -0.3 is 14.9 Å². The molecule has 4 aromatic carbocycles. The molecule has 7 nitrogen and oxygen atoms in total. The van der Waals surface area contributed by atoms with Crippen LogP contribution in [-0.2, 0) is 9.59 Å². The zero-order valence-electron chi connectivity index (χ0n) is 23.8. The monoisotopic (exact) mass is 561 g/mol. The van der Waals surface area contributed by atoms with Gasteiger partial charge in [-0.05, 0) is 48.7 Å². The second kappa shape index (κ2) is 12.7. The molecule has 42 heavy (non-hydrogen) atoms. The number of carbonyl (C=O) groups excluding carboxylic acids is 2. The highest BCUT2D eigenvalue weighted by atomic mass is 16.4. The van der Waals surface area contributed by atoms with Gasteiger partial charge in [0, 0.05) is 12.6 Å². The van der Waals surface area contributed by atoms with Gasteiger partial charge in [0.25, 0.3) is 0 Å². The van der Waals surface area contributed by atoms with Gasteiger partial charge in [-0.2, -0.15) is 0 Å². The van der Waals surface area contributed by atoms with Crippen LogP contribution in [-0.4, -0.2) is 57.5 Å². The molecule has 7 heteroatoms. The van der Waals surface area contributed by atoms with E-state index in [1.165, 1.54) is 4.90 Å². The fourth-order valence-electron chi connectivity index (χ4n) is 5.99. The molecule has 1 saturated heterocycles. The summed E-state index contributed by atoms with van der Waals surface area (Å²) in [6.07, 6.45) is 0.555. The summed E-state index contributed by atoms with van der Waals surface area (Å²) in [6.45, 7) is 3.80. The van der Waals surface area contributed by atoms with Crippen LogP contribution >= 0.6 is 0 Å². The van der Waals surface area contributed by atoms with E-state index in [1.807, 2.05) is 128 Å². The Bertz CT molecular complexity index is 1420. The van der Waals surface area contributed by atoms with E-state index in [2.05, 4.69) is 0 Å². The van der Waals surface area contributed by atoms with Crippen LogP contribution in [0.3, 0.4) is 0 Å². The van der Waals surface area contributed by atoms with Gasteiger partial charge in [0.2, 0.25) is 5.91 Å². The molecule has 1 aliphatic rings. The normalized spacial score (nSPS) is 18.5. The van der Waals surface area contributed by atoms with Gasteiger partial charge >= 0.3 is 12.0 Å². The number of carbonyl (C=O) groups is 3. The molecule has 1 heterocycles. The van der Waals surface area contributed by atoms with Crippen molar-refractivity contribution in [2.45, 2.75) is 44.3 Å². The minimum atomic E-state index is -1.24. The summed E-state index contributed by atoms with van der Waals surface area (Å²) in [6, 6.07) is 34.7. The van der Waals surface area contributed by atoms with E-state index >= 15 is 0 Å². The van der Waals surface area contributed by atoms with Crippen LogP contribution in [0.4, 0.5) is 16.2 Å². The molecule has 0 unspecified atom stereocenters. The maximum atomic E-state index is 14.5. The van der Waals surface area contributed by atoms with Crippen molar-refractivity contribution in [2.24, 2.45) is 0 Å². The van der Waals surface area contributed by atoms with Crippen LogP contribution in [0.5, 0.6) is 0 Å². The number of urea groups is 1. The van der Waals surface area contributed by atoms with E-state index in [1.54, 1.807) is 16.7 Å². The Morgan fingerprint density at radius 3 is 1.60 bits per heavy atom. The molecular weight excluding hydrogens is 526 g/mol. The maximum absolute atomic E-state index is 14.5. The van der Waals surface area contributed by atoms with Crippen LogP contribution < -0.4 is 4.90 Å². The van der Waals surface area contributed by atoms with Crippen molar-refractivity contribution < 1.29 is 19.5 Å². The smallest absolute Gasteiger partial charge is 0.329 e. The highest BCUT2D eigenvalue weighted by molar-refractivity contribution is 6.01. The van der Waals surface area contributed by atoms with Crippen LogP contribution in [0.2, 0.25) is 0 Å². The van der Waals surface area contributed by atoms with Crippen molar-refractivity contribution in [1.82, 2.24) is 9.80 Å². The van der Waals surface area contributed by atoms with E-state index in [0.717, 1.165) is 11.1 Å². The standard InChI is InChI=1S/C35H35N3O4/c1-3-28-24-36(35(42)38(29-20-12-6-13-21-29)30-22-14-7-15-23-30)32(34(40)41)25(2)37(28)33(39)31(26-16-8-4-9-17-26)27-18-10-5-11-19-27/h4-23,25,28,31-32H,3,24H2,1-2H3,(H,40,41)/t25-,28+,32+/m1/s1. The van der Waals surface area contributed by atoms with Gasteiger partial charge in [-0.3, -0.25) is 9.69 Å². The number of rotatable bonds is 7. The van der Waals surface area contributed by atoms with Crippen molar-refractivity contribution in [3.05, 3.63) is 132 Å². The largest absolute Gasteiger partial charge is 0.480 e. The third-order valence-electron chi connectivity index (χ3n) is 7.99. The van der Waals surface area contributed by atoms with Crippen molar-refractivity contribution in [3.8, 4) is 0 Å². The van der Waals surface area contributed by atoms with Crippen molar-refractivity contribution in [2.75, 3.05) is 11.4 Å². The molecular formula is C35H35N3O4. The first-order valence-corrected chi connectivity index (χ1v) is 14.3. The lowest BCUT2D eigenvalue weighted by atomic mass is 9.87. The van der Waals surface area contributed by atoms with Crippen LogP contribution in [0.1, 0.15) is 37.3 Å². The first-order chi connectivity index (χ1) is 20.4. The molecule has 0 aliphatic carbocycles. The number of carboxylic acids is 1. The van der Waals surface area contributed by atoms with Gasteiger partial charge in [-0.1, -0.05) is 104 Å². The lowest BCUT2D eigenvalue weighted by molar-refractivity contribution is -0.154. The Balaban J connectivity index is 1.54. The summed E-state index contributed by atoms with van der Waals surface area (Å²) in [7, 11) is 0. The van der Waals surface area contributed by atoms with Crippen LogP contribution in [0, 0.1) is 0 Å². The molecule has 0 spiro atoms. The second-order valence-electron chi connectivity index (χ2n) is 10.5. The van der Waals surface area contributed by atoms with E-state index in [9.17, 15) is 19.5 Å². The van der Waals surface area contributed by atoms with Gasteiger partial charge in [0.05, 0.1) is 23.3 Å². The van der Waals surface area contributed by atoms with E-state index < -0.39 is 30.0 Å². The Morgan fingerprint density at radius 1 is 0.762 bits per heavy atom. The van der Waals surface area contributed by atoms with Gasteiger partial charge in [-0.15, -0.1) is 0 Å². The number of carboxylic acid groups (broad SMARTS) is 1. The Kier molecular flexibility index (Phi) is 8.67. The third kappa shape index (κ3) is 5.63. The summed E-state index contributed by atoms with van der Waals surface area (Å²) in [5, 5.41) is 10.5. The number of nitrogens with zero attached hydrogens (tertiary/aromatic N) is 3. The fourth-order valence-corrected chi connectivity index (χ4v) is 5.99. The summed E-state index contributed by atoms with van der Waals surface area (Å²) in [5.41, 5.74) is 2.93. The molecule has 1 fully saturated rings. The summed E-state index contributed by atoms with van der Waals surface area (Å²) in [4.78, 5) is 46.5. The molecule has 1 aliphatic heterocycles. The molecule has 0 saturated carbocycles. The molecule has 4 aromatic rings. The quantitative estimate of drug-likeness (QED) is 0.278. The minimum absolute atomic E-state index is 0.0921. The molecule has 214 valence electrons. The first kappa shape index (κ1) is 28.6. The molecule has 3 atom stereocenters. The highest BCUT2D eigenvalue weighted by Crippen LogP contribution is 2.35. The van der Waals surface area contributed by atoms with Crippen LogP contribution in [0.25, 0.3) is 0 Å². The maximum Gasteiger partial charge on any atom is 0.329 e. The van der Waals surface area contributed by atoms with E-state index in [4.69, 9.17) is 0 Å². The summed E-state index contributed by atoms with van der Waals surface area (Å²) < 4.78 is 0. The lowest BCUT2D eigenvalue weighted by Gasteiger charge is -2.50. The first-order valence-electron chi connectivity index (χ1n) is 14.3. The number of aliphatic carboxylic acids is 1. The SMILES string of the molecule is CC[C@H]1CN(C(=O)N(c2ccccc2)c2ccccc2)[C@H](C(=O)O)[C@@H](C)N1C(=O)C(c1ccccc1)c1ccccc1. The van der Waals surface area contributed by atoms with Gasteiger partial charge in [0.1, 0.15) is 0 Å². The predicted octanol–water partition coefficient (Wildman–Crippen LogP) is 6.54. The number of hydrogen-bond donors (Lipinski definition) is 1. The predicted molar refractivity (Wildman–Crippen MR) is 164 cm³/mol. The third-order valence-corrected chi connectivity index (χ3v) is 7.99. The lowest BCUT2D eigenvalue weighted by Crippen LogP contribution is -2.69. The summed E-state index contributed by atoms with van der Waals surface area (Å²) in [5.74, 6) is -1.93. The highest BCUT2D eigenvalue weighted by Gasteiger charge is 2.49. The van der Waals surface area contributed by atoms with Gasteiger partial charge in [-0.25, -0.2) is 9.59 Å². The van der Waals surface area contributed by atoms with E-state index in [0.29, 0.717) is 17.8 Å². The Hall–Kier alpha value is -4.91. The molecule has 3 amide bonds. The number of benzene rings is 4. The Morgan fingerprint density at radius 2 is 1.19 bits per heavy atom. The molecule has 0 aromatic heterocycles. The zero-order valence-corrected chi connectivity index (χ0v) is 23.8. The molecule has 0 radical (unpaired) electrons. The number of hydrogen-bond acceptors (Lipinski definition) is 3. The molecule has 1 N–H and O–H groups in total. The average Bonchev–Trinajstić information content (AvgIpc) is 3.02. The zero-order chi connectivity index (χ0) is 29.6. The number of piperazine rings is 1. The minimum Gasteiger partial charge on any atom is -0.480 e. The van der Waals surface area contributed by atoms with Crippen molar-refractivity contribution in [3.63, 3.8) is 0 Å². The average molecular weight is 562 g/mol. The van der Waals surface area contributed by atoms with Crippen LogP contribution in [0.15, 0.2) is 121 Å². The van der Waals surface area contributed by atoms with E-state index in [-0.39, 0.29) is 18.5 Å². The fraction of sp³-hybridized carbons (Fsp3) is 0.229. The second-order valence-corrected chi connectivity index (χ2v) is 10.5. The van der Waals surface area contributed by atoms with Gasteiger partial charge in [0.15, 0.2) is 6.04 Å².